The van der Waals surface area contributed by atoms with Crippen LogP contribution in [0.1, 0.15) is 30.6 Å². The van der Waals surface area contributed by atoms with Gasteiger partial charge in [-0.05, 0) is 31.5 Å². The van der Waals surface area contributed by atoms with Crippen molar-refractivity contribution in [1.29, 1.82) is 0 Å². The molecule has 0 aliphatic carbocycles. The lowest BCUT2D eigenvalue weighted by Gasteiger charge is -2.27. The highest BCUT2D eigenvalue weighted by Gasteiger charge is 2.24. The summed E-state index contributed by atoms with van der Waals surface area (Å²) in [7, 11) is 0. The van der Waals surface area contributed by atoms with Crippen molar-refractivity contribution in [2.24, 2.45) is 0 Å². The van der Waals surface area contributed by atoms with E-state index in [0.717, 1.165) is 4.47 Å². The zero-order chi connectivity index (χ0) is 14.6. The average Bonchev–Trinajstić information content (AvgIpc) is 2.37. The SMILES string of the molecule is CCC(C)N(CC(=O)O)C(=O)c1cc(Br)ccc1Cl. The molecule has 0 aliphatic rings. The normalized spacial score (nSPS) is 12.0. The molecule has 0 saturated carbocycles. The third-order valence-corrected chi connectivity index (χ3v) is 3.67. The Labute approximate surface area is 125 Å². The topological polar surface area (TPSA) is 57.6 Å². The number of carboxylic acids is 1. The van der Waals surface area contributed by atoms with Gasteiger partial charge in [0.1, 0.15) is 6.54 Å². The minimum Gasteiger partial charge on any atom is -0.480 e. The molecule has 1 rings (SSSR count). The maximum Gasteiger partial charge on any atom is 0.323 e. The fourth-order valence-corrected chi connectivity index (χ4v) is 2.17. The molecule has 19 heavy (non-hydrogen) atoms. The van der Waals surface area contributed by atoms with Crippen molar-refractivity contribution < 1.29 is 14.7 Å². The van der Waals surface area contributed by atoms with Crippen LogP contribution < -0.4 is 0 Å². The van der Waals surface area contributed by atoms with E-state index in [0.29, 0.717) is 17.0 Å². The number of rotatable bonds is 5. The molecular formula is C13H15BrClNO3. The monoisotopic (exact) mass is 347 g/mol. The number of halogens is 2. The van der Waals surface area contributed by atoms with Crippen molar-refractivity contribution in [3.8, 4) is 0 Å². The Kier molecular flexibility index (Phi) is 5.82. The predicted molar refractivity (Wildman–Crippen MR) is 77.6 cm³/mol. The lowest BCUT2D eigenvalue weighted by Crippen LogP contribution is -2.41. The summed E-state index contributed by atoms with van der Waals surface area (Å²) in [5.74, 6) is -1.41. The number of aliphatic carboxylic acids is 1. The van der Waals surface area contributed by atoms with E-state index in [4.69, 9.17) is 16.7 Å². The molecule has 6 heteroatoms. The van der Waals surface area contributed by atoms with Crippen molar-refractivity contribution in [2.75, 3.05) is 6.54 Å². The van der Waals surface area contributed by atoms with Gasteiger partial charge < -0.3 is 10.0 Å². The van der Waals surface area contributed by atoms with Crippen molar-refractivity contribution in [3.05, 3.63) is 33.3 Å². The van der Waals surface area contributed by atoms with Gasteiger partial charge in [0.25, 0.3) is 5.91 Å². The van der Waals surface area contributed by atoms with Crippen LogP contribution in [0.4, 0.5) is 0 Å². The first-order valence-electron chi connectivity index (χ1n) is 5.84. The molecule has 0 aromatic heterocycles. The summed E-state index contributed by atoms with van der Waals surface area (Å²) in [6.07, 6.45) is 0.671. The number of carbonyl (C=O) groups is 2. The van der Waals surface area contributed by atoms with Crippen molar-refractivity contribution in [1.82, 2.24) is 4.90 Å². The van der Waals surface area contributed by atoms with Crippen LogP contribution in [-0.4, -0.2) is 34.5 Å². The van der Waals surface area contributed by atoms with Crippen molar-refractivity contribution in [2.45, 2.75) is 26.3 Å². The fraction of sp³-hybridized carbons (Fsp3) is 0.385. The minimum atomic E-state index is -1.04. The van der Waals surface area contributed by atoms with Crippen molar-refractivity contribution in [3.63, 3.8) is 0 Å². The zero-order valence-corrected chi connectivity index (χ0v) is 13.0. The molecule has 104 valence electrons. The van der Waals surface area contributed by atoms with E-state index < -0.39 is 5.97 Å². The summed E-state index contributed by atoms with van der Waals surface area (Å²) in [5, 5.41) is 9.22. The van der Waals surface area contributed by atoms with Gasteiger partial charge >= 0.3 is 5.97 Å². The maximum atomic E-state index is 12.4. The molecule has 0 bridgehead atoms. The van der Waals surface area contributed by atoms with Gasteiger partial charge in [-0.2, -0.15) is 0 Å². The predicted octanol–water partition coefficient (Wildman–Crippen LogP) is 3.43. The summed E-state index contributed by atoms with van der Waals surface area (Å²) in [6, 6.07) is 4.76. The van der Waals surface area contributed by atoms with Crippen LogP contribution in [0.5, 0.6) is 0 Å². The zero-order valence-electron chi connectivity index (χ0n) is 10.7. The highest BCUT2D eigenvalue weighted by atomic mass is 79.9. The smallest absolute Gasteiger partial charge is 0.323 e. The Morgan fingerprint density at radius 1 is 1.47 bits per heavy atom. The van der Waals surface area contributed by atoms with Gasteiger partial charge in [0.15, 0.2) is 0 Å². The molecule has 0 heterocycles. The maximum absolute atomic E-state index is 12.4. The van der Waals surface area contributed by atoms with E-state index in [1.165, 1.54) is 4.90 Å². The highest BCUT2D eigenvalue weighted by molar-refractivity contribution is 9.10. The van der Waals surface area contributed by atoms with Gasteiger partial charge in [-0.1, -0.05) is 34.5 Å². The molecule has 1 atom stereocenters. The minimum absolute atomic E-state index is 0.168. The van der Waals surface area contributed by atoms with E-state index in [1.54, 1.807) is 18.2 Å². The molecule has 1 aromatic carbocycles. The Hall–Kier alpha value is -1.07. The third-order valence-electron chi connectivity index (χ3n) is 2.85. The fourth-order valence-electron chi connectivity index (χ4n) is 1.61. The summed E-state index contributed by atoms with van der Waals surface area (Å²) in [5.41, 5.74) is 0.303. The lowest BCUT2D eigenvalue weighted by atomic mass is 10.1. The Balaban J connectivity index is 3.11. The van der Waals surface area contributed by atoms with E-state index in [2.05, 4.69) is 15.9 Å². The van der Waals surface area contributed by atoms with Crippen LogP contribution in [-0.2, 0) is 4.79 Å². The molecule has 4 nitrogen and oxygen atoms in total. The molecule has 0 spiro atoms. The van der Waals surface area contributed by atoms with Crippen LogP contribution >= 0.6 is 27.5 Å². The molecule has 1 N–H and O–H groups in total. The highest BCUT2D eigenvalue weighted by Crippen LogP contribution is 2.23. The molecule has 0 aliphatic heterocycles. The average molecular weight is 349 g/mol. The lowest BCUT2D eigenvalue weighted by molar-refractivity contribution is -0.138. The number of hydrogen-bond donors (Lipinski definition) is 1. The van der Waals surface area contributed by atoms with Gasteiger partial charge in [-0.15, -0.1) is 0 Å². The summed E-state index contributed by atoms with van der Waals surface area (Å²) < 4.78 is 0.722. The summed E-state index contributed by atoms with van der Waals surface area (Å²) >= 11 is 9.28. The van der Waals surface area contributed by atoms with Gasteiger partial charge in [0.2, 0.25) is 0 Å². The van der Waals surface area contributed by atoms with Crippen LogP contribution in [0.15, 0.2) is 22.7 Å². The number of amides is 1. The number of benzene rings is 1. The molecule has 0 saturated heterocycles. The first-order valence-corrected chi connectivity index (χ1v) is 7.01. The number of carboxylic acid groups (broad SMARTS) is 1. The second-order valence-corrected chi connectivity index (χ2v) is 5.53. The second kappa shape index (κ2) is 6.91. The van der Waals surface area contributed by atoms with Crippen LogP contribution in [0.25, 0.3) is 0 Å². The third kappa shape index (κ3) is 4.21. The summed E-state index contributed by atoms with van der Waals surface area (Å²) in [4.78, 5) is 24.6. The second-order valence-electron chi connectivity index (χ2n) is 4.21. The van der Waals surface area contributed by atoms with E-state index in [-0.39, 0.29) is 18.5 Å². The van der Waals surface area contributed by atoms with Crippen LogP contribution in [0, 0.1) is 0 Å². The van der Waals surface area contributed by atoms with E-state index >= 15 is 0 Å². The molecule has 1 amide bonds. The molecule has 0 radical (unpaired) electrons. The van der Waals surface area contributed by atoms with E-state index in [9.17, 15) is 9.59 Å². The standard InChI is InChI=1S/C13H15BrClNO3/c1-3-8(2)16(7-12(17)18)13(19)10-6-9(14)4-5-11(10)15/h4-6,8H,3,7H2,1-2H3,(H,17,18). The largest absolute Gasteiger partial charge is 0.480 e. The number of hydrogen-bond acceptors (Lipinski definition) is 2. The Bertz CT molecular complexity index is 493. The van der Waals surface area contributed by atoms with Crippen molar-refractivity contribution >= 4 is 39.4 Å². The van der Waals surface area contributed by atoms with Crippen LogP contribution in [0.2, 0.25) is 5.02 Å². The quantitative estimate of drug-likeness (QED) is 0.887. The van der Waals surface area contributed by atoms with Gasteiger partial charge in [0.05, 0.1) is 10.6 Å². The number of nitrogens with zero attached hydrogens (tertiary/aromatic N) is 1. The Morgan fingerprint density at radius 3 is 2.63 bits per heavy atom. The molecule has 1 aromatic rings. The van der Waals surface area contributed by atoms with Gasteiger partial charge in [0, 0.05) is 10.5 Å². The molecule has 1 unspecified atom stereocenters. The van der Waals surface area contributed by atoms with Gasteiger partial charge in [-0.3, -0.25) is 9.59 Å². The summed E-state index contributed by atoms with van der Waals surface area (Å²) in [6.45, 7) is 3.37. The molecule has 0 fully saturated rings. The van der Waals surface area contributed by atoms with E-state index in [1.807, 2.05) is 13.8 Å². The first kappa shape index (κ1) is 16.0. The first-order chi connectivity index (χ1) is 8.86. The molecular weight excluding hydrogens is 334 g/mol. The van der Waals surface area contributed by atoms with Crippen LogP contribution in [0.3, 0.4) is 0 Å². The van der Waals surface area contributed by atoms with Gasteiger partial charge in [-0.25, -0.2) is 0 Å². The Morgan fingerprint density at radius 2 is 2.11 bits per heavy atom. The number of carbonyl (C=O) groups excluding carboxylic acids is 1.